The number of carbonyl (C=O) groups is 1. The highest BCUT2D eigenvalue weighted by Crippen LogP contribution is 2.36. The quantitative estimate of drug-likeness (QED) is 0.492. The molecule has 0 N–H and O–H groups in total. The van der Waals surface area contributed by atoms with E-state index in [0.29, 0.717) is 6.42 Å². The number of carbonyl (C=O) groups excluding carboxylic acids is 1. The minimum atomic E-state index is 0.0846. The molecule has 1 saturated heterocycles. The highest BCUT2D eigenvalue weighted by molar-refractivity contribution is 7.18. The third-order valence-electron chi connectivity index (χ3n) is 4.96. The third kappa shape index (κ3) is 3.31. The molecule has 28 heavy (non-hydrogen) atoms. The fourth-order valence-corrected chi connectivity index (χ4v) is 5.55. The van der Waals surface area contributed by atoms with Crippen LogP contribution in [0.15, 0.2) is 54.2 Å². The number of thiazole rings is 2. The van der Waals surface area contributed by atoms with Gasteiger partial charge >= 0.3 is 0 Å². The number of likely N-dealkylation sites (tertiary alicyclic amines) is 1. The second kappa shape index (κ2) is 7.41. The van der Waals surface area contributed by atoms with E-state index in [1.54, 1.807) is 35.1 Å². The van der Waals surface area contributed by atoms with Gasteiger partial charge in [0.05, 0.1) is 28.4 Å². The summed E-state index contributed by atoms with van der Waals surface area (Å²) in [6.45, 7) is 0.791. The summed E-state index contributed by atoms with van der Waals surface area (Å²) in [5, 5.41) is 3.92. The summed E-state index contributed by atoms with van der Waals surface area (Å²) in [4.78, 5) is 28.6. The Morgan fingerprint density at radius 3 is 2.96 bits per heavy atom. The van der Waals surface area contributed by atoms with Gasteiger partial charge in [0.1, 0.15) is 10.0 Å². The fourth-order valence-electron chi connectivity index (χ4n) is 3.62. The first-order valence-electron chi connectivity index (χ1n) is 9.28. The minimum absolute atomic E-state index is 0.0846. The first-order chi connectivity index (χ1) is 13.8. The Morgan fingerprint density at radius 1 is 1.18 bits per heavy atom. The van der Waals surface area contributed by atoms with Crippen LogP contribution in [-0.2, 0) is 11.2 Å². The zero-order valence-corrected chi connectivity index (χ0v) is 16.7. The van der Waals surface area contributed by atoms with Crippen LogP contribution in [-0.4, -0.2) is 32.3 Å². The minimum Gasteiger partial charge on any atom is -0.333 e. The maximum absolute atomic E-state index is 13.0. The summed E-state index contributed by atoms with van der Waals surface area (Å²) in [6, 6.07) is 12.1. The highest BCUT2D eigenvalue weighted by atomic mass is 32.1. The predicted molar refractivity (Wildman–Crippen MR) is 112 cm³/mol. The van der Waals surface area contributed by atoms with Crippen molar-refractivity contribution >= 4 is 38.8 Å². The zero-order valence-electron chi connectivity index (χ0n) is 15.1. The van der Waals surface area contributed by atoms with Crippen LogP contribution < -0.4 is 0 Å². The summed E-state index contributed by atoms with van der Waals surface area (Å²) in [7, 11) is 0. The maximum atomic E-state index is 13.0. The van der Waals surface area contributed by atoms with E-state index < -0.39 is 0 Å². The number of para-hydroxylation sites is 1. The third-order valence-corrected chi connectivity index (χ3v) is 7.04. The Balaban J connectivity index is 1.34. The molecule has 0 spiro atoms. The molecule has 1 aliphatic heterocycles. The van der Waals surface area contributed by atoms with Crippen molar-refractivity contribution < 1.29 is 4.79 Å². The van der Waals surface area contributed by atoms with Gasteiger partial charge in [0.15, 0.2) is 0 Å². The number of hydrogen-bond donors (Lipinski definition) is 0. The topological polar surface area (TPSA) is 59.0 Å². The van der Waals surface area contributed by atoms with Gasteiger partial charge in [0, 0.05) is 29.9 Å². The van der Waals surface area contributed by atoms with Gasteiger partial charge in [-0.15, -0.1) is 22.7 Å². The second-order valence-electron chi connectivity index (χ2n) is 6.83. The van der Waals surface area contributed by atoms with Crippen molar-refractivity contribution in [3.63, 3.8) is 0 Å². The lowest BCUT2D eigenvalue weighted by atomic mass is 10.2. The van der Waals surface area contributed by atoms with Crippen LogP contribution in [0.2, 0.25) is 0 Å². The van der Waals surface area contributed by atoms with Crippen LogP contribution in [0.25, 0.3) is 20.8 Å². The smallest absolute Gasteiger partial charge is 0.229 e. The average molecular weight is 407 g/mol. The van der Waals surface area contributed by atoms with Crippen molar-refractivity contribution in [1.82, 2.24) is 19.9 Å². The lowest BCUT2D eigenvalue weighted by Gasteiger charge is -2.22. The first kappa shape index (κ1) is 17.5. The number of aromatic nitrogens is 3. The highest BCUT2D eigenvalue weighted by Gasteiger charge is 2.32. The number of rotatable bonds is 4. The molecule has 1 atom stereocenters. The number of amides is 1. The lowest BCUT2D eigenvalue weighted by molar-refractivity contribution is -0.131. The van der Waals surface area contributed by atoms with E-state index in [9.17, 15) is 4.79 Å². The van der Waals surface area contributed by atoms with Gasteiger partial charge < -0.3 is 4.90 Å². The van der Waals surface area contributed by atoms with E-state index in [1.807, 2.05) is 40.6 Å². The summed E-state index contributed by atoms with van der Waals surface area (Å²) in [5.41, 5.74) is 2.82. The number of hydrogen-bond acceptors (Lipinski definition) is 6. The molecule has 140 valence electrons. The van der Waals surface area contributed by atoms with Gasteiger partial charge in [-0.25, -0.2) is 9.97 Å². The Labute approximate surface area is 170 Å². The summed E-state index contributed by atoms with van der Waals surface area (Å²) in [5.74, 6) is 0.129. The lowest BCUT2D eigenvalue weighted by Crippen LogP contribution is -2.31. The molecule has 5 nitrogen and oxygen atoms in total. The molecule has 3 aromatic heterocycles. The van der Waals surface area contributed by atoms with E-state index in [0.717, 1.165) is 46.2 Å². The van der Waals surface area contributed by atoms with E-state index in [-0.39, 0.29) is 11.9 Å². The van der Waals surface area contributed by atoms with Crippen LogP contribution in [0, 0.1) is 0 Å². The molecule has 1 aliphatic rings. The molecule has 0 radical (unpaired) electrons. The number of benzene rings is 1. The Bertz CT molecular complexity index is 1090. The van der Waals surface area contributed by atoms with E-state index in [4.69, 9.17) is 4.98 Å². The van der Waals surface area contributed by atoms with Gasteiger partial charge in [-0.2, -0.15) is 0 Å². The molecule has 1 fully saturated rings. The molecule has 7 heteroatoms. The van der Waals surface area contributed by atoms with Gasteiger partial charge in [-0.3, -0.25) is 9.78 Å². The molecular formula is C21H18N4OS2. The Kier molecular flexibility index (Phi) is 4.62. The summed E-state index contributed by atoms with van der Waals surface area (Å²) >= 11 is 3.25. The summed E-state index contributed by atoms with van der Waals surface area (Å²) < 4.78 is 1.18. The van der Waals surface area contributed by atoms with Crippen LogP contribution in [0.4, 0.5) is 0 Å². The van der Waals surface area contributed by atoms with E-state index in [2.05, 4.69) is 16.0 Å². The Hall–Kier alpha value is -2.64. The van der Waals surface area contributed by atoms with Gasteiger partial charge in [0.25, 0.3) is 0 Å². The molecule has 0 unspecified atom stereocenters. The van der Waals surface area contributed by atoms with Gasteiger partial charge in [-0.1, -0.05) is 12.1 Å². The molecular weight excluding hydrogens is 388 g/mol. The van der Waals surface area contributed by atoms with Crippen LogP contribution >= 0.6 is 22.7 Å². The van der Waals surface area contributed by atoms with Crippen LogP contribution in [0.5, 0.6) is 0 Å². The average Bonchev–Trinajstić information content (AvgIpc) is 3.47. The number of fused-ring (bicyclic) bond motifs is 1. The van der Waals surface area contributed by atoms with Crippen LogP contribution in [0.3, 0.4) is 0 Å². The SMILES string of the molecule is O=C(Cc1csc(-c2cccnc2)n1)N1CCC[C@@H]1c1nc2ccccc2s1. The number of nitrogens with zero attached hydrogens (tertiary/aromatic N) is 4. The number of pyridine rings is 1. The molecule has 1 amide bonds. The maximum Gasteiger partial charge on any atom is 0.229 e. The van der Waals surface area contributed by atoms with Crippen LogP contribution in [0.1, 0.15) is 29.6 Å². The molecule has 0 bridgehead atoms. The molecule has 0 saturated carbocycles. The molecule has 1 aromatic carbocycles. The molecule has 0 aliphatic carbocycles. The molecule has 4 aromatic rings. The Morgan fingerprint density at radius 2 is 2.11 bits per heavy atom. The monoisotopic (exact) mass is 406 g/mol. The van der Waals surface area contributed by atoms with Gasteiger partial charge in [0.2, 0.25) is 5.91 Å². The normalized spacial score (nSPS) is 16.7. The van der Waals surface area contributed by atoms with E-state index >= 15 is 0 Å². The van der Waals surface area contributed by atoms with Crippen molar-refractivity contribution in [1.29, 1.82) is 0 Å². The van der Waals surface area contributed by atoms with Crippen molar-refractivity contribution in [2.75, 3.05) is 6.54 Å². The van der Waals surface area contributed by atoms with E-state index in [1.165, 1.54) is 4.70 Å². The molecule has 5 rings (SSSR count). The van der Waals surface area contributed by atoms with Crippen molar-refractivity contribution in [3.05, 3.63) is 64.9 Å². The summed E-state index contributed by atoms with van der Waals surface area (Å²) in [6.07, 6.45) is 5.87. The molecule has 4 heterocycles. The van der Waals surface area contributed by atoms with Gasteiger partial charge in [-0.05, 0) is 37.1 Å². The predicted octanol–water partition coefficient (Wildman–Crippen LogP) is 4.72. The second-order valence-corrected chi connectivity index (χ2v) is 8.75. The fraction of sp³-hybridized carbons (Fsp3) is 0.238. The largest absolute Gasteiger partial charge is 0.333 e. The standard InChI is InChI=1S/C21H18N4OS2/c26-19(11-15-13-27-20(23-15)14-5-3-9-22-12-14)25-10-4-7-17(25)21-24-16-6-1-2-8-18(16)28-21/h1-3,5-6,8-9,12-13,17H,4,7,10-11H2/t17-/m1/s1. The van der Waals surface area contributed by atoms with Crippen molar-refractivity contribution in [2.24, 2.45) is 0 Å². The first-order valence-corrected chi connectivity index (χ1v) is 11.0. The van der Waals surface area contributed by atoms with Crippen molar-refractivity contribution in [2.45, 2.75) is 25.3 Å². The zero-order chi connectivity index (χ0) is 18.9. The van der Waals surface area contributed by atoms with Crippen molar-refractivity contribution in [3.8, 4) is 10.6 Å².